The zero-order chi connectivity index (χ0) is 15.1. The van der Waals surface area contributed by atoms with Crippen LogP contribution in [0.3, 0.4) is 0 Å². The Kier molecular flexibility index (Phi) is 3.25. The second-order valence-corrected chi connectivity index (χ2v) is 6.00. The van der Waals surface area contributed by atoms with Gasteiger partial charge in [-0.1, -0.05) is 5.16 Å². The number of nitrogens with zero attached hydrogens (tertiary/aromatic N) is 3. The number of hydrogen-bond acceptors (Lipinski definition) is 6. The van der Waals surface area contributed by atoms with Crippen molar-refractivity contribution in [2.24, 2.45) is 5.92 Å². The van der Waals surface area contributed by atoms with Gasteiger partial charge in [0.25, 0.3) is 5.91 Å². The maximum absolute atomic E-state index is 12.5. The number of likely N-dealkylation sites (tertiary alicyclic amines) is 1. The second-order valence-electron chi connectivity index (χ2n) is 6.00. The van der Waals surface area contributed by atoms with Gasteiger partial charge in [-0.3, -0.25) is 9.59 Å². The summed E-state index contributed by atoms with van der Waals surface area (Å²) in [4.78, 5) is 27.6. The molecule has 118 valence electrons. The molecular formula is C14H18N4O4. The Bertz CT molecular complexity index is 579. The van der Waals surface area contributed by atoms with Crippen LogP contribution in [0.2, 0.25) is 0 Å². The number of carbonyl (C=O) groups excluding carboxylic acids is 2. The lowest BCUT2D eigenvalue weighted by Gasteiger charge is -2.25. The quantitative estimate of drug-likeness (QED) is 0.790. The molecule has 4 rings (SSSR count). The zero-order valence-corrected chi connectivity index (χ0v) is 12.2. The summed E-state index contributed by atoms with van der Waals surface area (Å²) in [5, 5.41) is 6.90. The third-order valence-corrected chi connectivity index (χ3v) is 4.57. The van der Waals surface area contributed by atoms with Crippen molar-refractivity contribution < 1.29 is 18.8 Å². The molecule has 0 unspecified atom stereocenters. The highest BCUT2D eigenvalue weighted by Gasteiger charge is 2.42. The molecule has 2 amide bonds. The fraction of sp³-hybridized carbons (Fsp3) is 0.643. The minimum absolute atomic E-state index is 0.0800. The summed E-state index contributed by atoms with van der Waals surface area (Å²) >= 11 is 0. The summed E-state index contributed by atoms with van der Waals surface area (Å²) in [5.41, 5.74) is 0. The topological polar surface area (TPSA) is 87.9 Å². The predicted octanol–water partition coefficient (Wildman–Crippen LogP) is -0.528. The standard InChI is InChI=1S/C14H18N4O4/c19-13-5-9-7-18(8-10(9)15-13)14(20)11-6-12(16-22-11)17-1-3-21-4-2-17/h6,9-10H,1-5,7-8H2,(H,15,19)/t9-,10+/m0/s1. The lowest BCUT2D eigenvalue weighted by molar-refractivity contribution is -0.119. The van der Waals surface area contributed by atoms with Crippen molar-refractivity contribution in [2.75, 3.05) is 44.3 Å². The molecule has 3 fully saturated rings. The van der Waals surface area contributed by atoms with Gasteiger partial charge >= 0.3 is 0 Å². The molecule has 3 aliphatic heterocycles. The van der Waals surface area contributed by atoms with Crippen LogP contribution in [-0.4, -0.2) is 67.3 Å². The number of carbonyl (C=O) groups is 2. The molecule has 0 aromatic carbocycles. The number of amides is 2. The molecule has 0 bridgehead atoms. The number of aromatic nitrogens is 1. The van der Waals surface area contributed by atoms with Gasteiger partial charge in [-0.25, -0.2) is 0 Å². The molecule has 0 spiro atoms. The SMILES string of the molecule is O=C1C[C@H]2CN(C(=O)c3cc(N4CCOCC4)no3)C[C@H]2N1. The summed E-state index contributed by atoms with van der Waals surface area (Å²) in [5.74, 6) is 1.08. The Morgan fingerprint density at radius 2 is 2.14 bits per heavy atom. The monoisotopic (exact) mass is 306 g/mol. The van der Waals surface area contributed by atoms with Gasteiger partial charge < -0.3 is 24.4 Å². The summed E-state index contributed by atoms with van der Waals surface area (Å²) in [6.07, 6.45) is 0.504. The zero-order valence-electron chi connectivity index (χ0n) is 12.2. The molecule has 22 heavy (non-hydrogen) atoms. The lowest BCUT2D eigenvalue weighted by Crippen LogP contribution is -2.36. The minimum Gasteiger partial charge on any atom is -0.378 e. The third kappa shape index (κ3) is 2.33. The summed E-state index contributed by atoms with van der Waals surface area (Å²) in [6, 6.07) is 1.78. The molecular weight excluding hydrogens is 288 g/mol. The normalized spacial score (nSPS) is 27.9. The van der Waals surface area contributed by atoms with Crippen molar-refractivity contribution in [3.8, 4) is 0 Å². The number of fused-ring (bicyclic) bond motifs is 1. The first-order valence-electron chi connectivity index (χ1n) is 7.59. The molecule has 0 aliphatic carbocycles. The maximum Gasteiger partial charge on any atom is 0.292 e. The molecule has 1 aromatic heterocycles. The van der Waals surface area contributed by atoms with E-state index in [1.165, 1.54) is 0 Å². The van der Waals surface area contributed by atoms with E-state index >= 15 is 0 Å². The van der Waals surface area contributed by atoms with Crippen LogP contribution in [0.1, 0.15) is 17.0 Å². The van der Waals surface area contributed by atoms with E-state index in [1.54, 1.807) is 11.0 Å². The molecule has 0 radical (unpaired) electrons. The first-order valence-corrected chi connectivity index (χ1v) is 7.59. The Hall–Kier alpha value is -2.09. The average molecular weight is 306 g/mol. The van der Waals surface area contributed by atoms with Crippen LogP contribution in [0, 0.1) is 5.92 Å². The van der Waals surface area contributed by atoms with E-state index in [9.17, 15) is 9.59 Å². The lowest BCUT2D eigenvalue weighted by atomic mass is 10.1. The van der Waals surface area contributed by atoms with Crippen molar-refractivity contribution >= 4 is 17.6 Å². The molecule has 4 heterocycles. The van der Waals surface area contributed by atoms with E-state index in [0.29, 0.717) is 38.5 Å². The van der Waals surface area contributed by atoms with Gasteiger partial charge in [0.1, 0.15) is 0 Å². The highest BCUT2D eigenvalue weighted by Crippen LogP contribution is 2.27. The Morgan fingerprint density at radius 3 is 2.91 bits per heavy atom. The molecule has 0 saturated carbocycles. The summed E-state index contributed by atoms with van der Waals surface area (Å²) in [6.45, 7) is 3.95. The van der Waals surface area contributed by atoms with Gasteiger partial charge in [0.15, 0.2) is 5.82 Å². The highest BCUT2D eigenvalue weighted by molar-refractivity contribution is 5.92. The predicted molar refractivity (Wildman–Crippen MR) is 75.5 cm³/mol. The van der Waals surface area contributed by atoms with Crippen molar-refractivity contribution in [3.63, 3.8) is 0 Å². The van der Waals surface area contributed by atoms with Crippen molar-refractivity contribution in [2.45, 2.75) is 12.5 Å². The highest BCUT2D eigenvalue weighted by atomic mass is 16.5. The first-order chi connectivity index (χ1) is 10.7. The largest absolute Gasteiger partial charge is 0.378 e. The molecule has 3 aliphatic rings. The van der Waals surface area contributed by atoms with Crippen molar-refractivity contribution in [1.29, 1.82) is 0 Å². The number of hydrogen-bond donors (Lipinski definition) is 1. The van der Waals surface area contributed by atoms with Gasteiger partial charge in [0, 0.05) is 44.6 Å². The minimum atomic E-state index is -0.157. The van der Waals surface area contributed by atoms with Gasteiger partial charge in [-0.15, -0.1) is 0 Å². The Morgan fingerprint density at radius 1 is 1.32 bits per heavy atom. The van der Waals surface area contributed by atoms with E-state index < -0.39 is 0 Å². The summed E-state index contributed by atoms with van der Waals surface area (Å²) < 4.78 is 10.5. The first kappa shape index (κ1) is 13.6. The fourth-order valence-corrected chi connectivity index (χ4v) is 3.38. The fourth-order valence-electron chi connectivity index (χ4n) is 3.38. The molecule has 8 nitrogen and oxygen atoms in total. The van der Waals surface area contributed by atoms with Gasteiger partial charge in [0.05, 0.1) is 19.3 Å². The van der Waals surface area contributed by atoms with Crippen LogP contribution in [0.4, 0.5) is 5.82 Å². The number of nitrogens with one attached hydrogen (secondary N) is 1. The third-order valence-electron chi connectivity index (χ3n) is 4.57. The number of anilines is 1. The molecule has 3 saturated heterocycles. The Balaban J connectivity index is 1.43. The van der Waals surface area contributed by atoms with Gasteiger partial charge in [-0.05, 0) is 0 Å². The average Bonchev–Trinajstić information content (AvgIpc) is 3.21. The summed E-state index contributed by atoms with van der Waals surface area (Å²) in [7, 11) is 0. The molecule has 2 atom stereocenters. The number of ether oxygens (including phenoxy) is 1. The molecule has 1 N–H and O–H groups in total. The van der Waals surface area contributed by atoms with Crippen LogP contribution in [0.5, 0.6) is 0 Å². The van der Waals surface area contributed by atoms with Gasteiger partial charge in [0.2, 0.25) is 11.7 Å². The molecule has 1 aromatic rings. The second kappa shape index (κ2) is 5.28. The van der Waals surface area contributed by atoms with Crippen LogP contribution >= 0.6 is 0 Å². The van der Waals surface area contributed by atoms with E-state index in [2.05, 4.69) is 10.5 Å². The van der Waals surface area contributed by atoms with Crippen molar-refractivity contribution in [1.82, 2.24) is 15.4 Å². The van der Waals surface area contributed by atoms with Crippen molar-refractivity contribution in [3.05, 3.63) is 11.8 Å². The number of rotatable bonds is 2. The number of morpholine rings is 1. The van der Waals surface area contributed by atoms with Gasteiger partial charge in [-0.2, -0.15) is 0 Å². The van der Waals surface area contributed by atoms with Crippen LogP contribution in [0.25, 0.3) is 0 Å². The maximum atomic E-state index is 12.5. The Labute approximate surface area is 127 Å². The van der Waals surface area contributed by atoms with Crippen LogP contribution in [-0.2, 0) is 9.53 Å². The van der Waals surface area contributed by atoms with Crippen LogP contribution in [0.15, 0.2) is 10.6 Å². The van der Waals surface area contributed by atoms with E-state index in [-0.39, 0.29) is 29.5 Å². The van der Waals surface area contributed by atoms with Crippen LogP contribution < -0.4 is 10.2 Å². The molecule has 8 heteroatoms. The van der Waals surface area contributed by atoms with E-state index in [1.807, 2.05) is 4.90 Å². The van der Waals surface area contributed by atoms with E-state index in [4.69, 9.17) is 9.26 Å². The van der Waals surface area contributed by atoms with E-state index in [0.717, 1.165) is 13.1 Å². The smallest absolute Gasteiger partial charge is 0.292 e.